The van der Waals surface area contributed by atoms with E-state index in [-0.39, 0.29) is 5.75 Å². The molecule has 1 N–H and O–H groups in total. The number of hydrogen-bond donors (Lipinski definition) is 1. The molecule has 0 radical (unpaired) electrons. The van der Waals surface area contributed by atoms with Crippen molar-refractivity contribution in [2.75, 3.05) is 36.6 Å². The summed E-state index contributed by atoms with van der Waals surface area (Å²) in [5, 5.41) is 3.12. The average Bonchev–Trinajstić information content (AvgIpc) is 1.94. The van der Waals surface area contributed by atoms with Crippen LogP contribution < -0.4 is 5.32 Å². The van der Waals surface area contributed by atoms with Crippen LogP contribution in [0.25, 0.3) is 0 Å². The highest BCUT2D eigenvalue weighted by molar-refractivity contribution is 7.90. The molecule has 14 heavy (non-hydrogen) atoms. The van der Waals surface area contributed by atoms with Gasteiger partial charge in [0, 0.05) is 41.7 Å². The zero-order chi connectivity index (χ0) is 10.6. The third-order valence-electron chi connectivity index (χ3n) is 2.17. The predicted octanol–water partition coefficient (Wildman–Crippen LogP) is -0.611. The van der Waals surface area contributed by atoms with Gasteiger partial charge in [-0.05, 0) is 12.3 Å². The summed E-state index contributed by atoms with van der Waals surface area (Å²) >= 11 is 0. The Morgan fingerprint density at radius 1 is 1.43 bits per heavy atom. The number of nitrogens with one attached hydrogen (secondary N) is 1. The van der Waals surface area contributed by atoms with E-state index < -0.39 is 20.6 Å². The molecule has 1 aliphatic rings. The topological polar surface area (TPSA) is 63.2 Å². The van der Waals surface area contributed by atoms with Gasteiger partial charge >= 0.3 is 0 Å². The quantitative estimate of drug-likeness (QED) is 0.671. The van der Waals surface area contributed by atoms with Crippen LogP contribution in [0.15, 0.2) is 0 Å². The molecule has 0 aromatic heterocycles. The van der Waals surface area contributed by atoms with E-state index in [1.54, 1.807) is 0 Å². The van der Waals surface area contributed by atoms with E-state index in [1.165, 1.54) is 6.26 Å². The molecular weight excluding hydrogens is 222 g/mol. The third kappa shape index (κ3) is 5.07. The second-order valence-corrected chi connectivity index (χ2v) is 7.70. The fourth-order valence-corrected chi connectivity index (χ4v) is 3.54. The summed E-state index contributed by atoms with van der Waals surface area (Å²) in [7, 11) is -3.72. The van der Waals surface area contributed by atoms with E-state index in [0.29, 0.717) is 18.1 Å². The van der Waals surface area contributed by atoms with E-state index in [2.05, 4.69) is 5.32 Å². The van der Waals surface area contributed by atoms with Crippen molar-refractivity contribution in [3.8, 4) is 0 Å². The maximum atomic E-state index is 11.4. The summed E-state index contributed by atoms with van der Waals surface area (Å²) in [5.41, 5.74) is 0. The molecule has 0 aliphatic carbocycles. The highest BCUT2D eigenvalue weighted by Crippen LogP contribution is 2.05. The Balaban J connectivity index is 2.08. The van der Waals surface area contributed by atoms with Gasteiger partial charge in [0.05, 0.1) is 5.75 Å². The number of rotatable bonds is 6. The minimum Gasteiger partial charge on any atom is -0.316 e. The lowest BCUT2D eigenvalue weighted by Gasteiger charge is -2.26. The SMILES string of the molecule is CS(=O)(=O)CCCS(=O)CC1CNC1. The van der Waals surface area contributed by atoms with Crippen molar-refractivity contribution in [3.63, 3.8) is 0 Å². The molecule has 1 saturated heterocycles. The standard InChI is InChI=1S/C8H17NO3S2/c1-14(11,12)4-2-3-13(10)7-8-5-9-6-8/h8-9H,2-7H2,1H3. The molecule has 1 heterocycles. The van der Waals surface area contributed by atoms with E-state index in [0.717, 1.165) is 18.8 Å². The van der Waals surface area contributed by atoms with Gasteiger partial charge in [-0.2, -0.15) is 0 Å². The monoisotopic (exact) mass is 239 g/mol. The molecule has 0 spiro atoms. The van der Waals surface area contributed by atoms with Crippen LogP contribution in [-0.4, -0.2) is 49.2 Å². The van der Waals surface area contributed by atoms with Gasteiger partial charge in [0.1, 0.15) is 9.84 Å². The van der Waals surface area contributed by atoms with Crippen LogP contribution in [0.1, 0.15) is 6.42 Å². The molecule has 0 bridgehead atoms. The minimum absolute atomic E-state index is 0.154. The maximum Gasteiger partial charge on any atom is 0.147 e. The zero-order valence-electron chi connectivity index (χ0n) is 8.36. The largest absolute Gasteiger partial charge is 0.316 e. The van der Waals surface area contributed by atoms with Crippen LogP contribution >= 0.6 is 0 Å². The Labute approximate surface area is 87.8 Å². The molecule has 1 rings (SSSR count). The summed E-state index contributed by atoms with van der Waals surface area (Å²) in [5.74, 6) is 1.93. The Kier molecular flexibility index (Phi) is 4.53. The first kappa shape index (κ1) is 12.1. The first-order chi connectivity index (χ1) is 6.47. The van der Waals surface area contributed by atoms with Crippen LogP contribution in [0.2, 0.25) is 0 Å². The van der Waals surface area contributed by atoms with Crippen molar-refractivity contribution in [2.45, 2.75) is 6.42 Å². The van der Waals surface area contributed by atoms with Crippen LogP contribution in [0.3, 0.4) is 0 Å². The molecule has 84 valence electrons. The highest BCUT2D eigenvalue weighted by atomic mass is 32.2. The molecule has 1 aliphatic heterocycles. The molecule has 1 fully saturated rings. The van der Waals surface area contributed by atoms with Gasteiger partial charge in [0.2, 0.25) is 0 Å². The molecule has 0 aromatic carbocycles. The molecule has 4 nitrogen and oxygen atoms in total. The van der Waals surface area contributed by atoms with E-state index in [9.17, 15) is 12.6 Å². The summed E-state index contributed by atoms with van der Waals surface area (Å²) < 4.78 is 33.0. The lowest BCUT2D eigenvalue weighted by atomic mass is 10.1. The Morgan fingerprint density at radius 2 is 2.07 bits per heavy atom. The summed E-state index contributed by atoms with van der Waals surface area (Å²) in [6.07, 6.45) is 1.73. The van der Waals surface area contributed by atoms with Crippen LogP contribution in [-0.2, 0) is 20.6 Å². The van der Waals surface area contributed by atoms with Gasteiger partial charge < -0.3 is 5.32 Å². The Morgan fingerprint density at radius 3 is 2.50 bits per heavy atom. The Bertz CT molecular complexity index is 296. The van der Waals surface area contributed by atoms with Gasteiger partial charge in [0.15, 0.2) is 0 Å². The predicted molar refractivity (Wildman–Crippen MR) is 58.6 cm³/mol. The van der Waals surface area contributed by atoms with Gasteiger partial charge in [0.25, 0.3) is 0 Å². The van der Waals surface area contributed by atoms with Crippen LogP contribution in [0.5, 0.6) is 0 Å². The van der Waals surface area contributed by atoms with Crippen molar-refractivity contribution >= 4 is 20.6 Å². The van der Waals surface area contributed by atoms with Gasteiger partial charge in [-0.25, -0.2) is 8.42 Å². The van der Waals surface area contributed by atoms with Crippen LogP contribution in [0.4, 0.5) is 0 Å². The maximum absolute atomic E-state index is 11.4. The minimum atomic E-state index is -2.89. The molecule has 0 aromatic rings. The molecule has 1 atom stereocenters. The summed E-state index contributed by atoms with van der Waals surface area (Å²) in [4.78, 5) is 0. The van der Waals surface area contributed by atoms with Crippen molar-refractivity contribution in [1.29, 1.82) is 0 Å². The van der Waals surface area contributed by atoms with Gasteiger partial charge in [-0.1, -0.05) is 0 Å². The van der Waals surface area contributed by atoms with Gasteiger partial charge in [-0.15, -0.1) is 0 Å². The fourth-order valence-electron chi connectivity index (χ4n) is 1.29. The smallest absolute Gasteiger partial charge is 0.147 e. The molecule has 0 saturated carbocycles. The normalized spacial score (nSPS) is 20.4. The lowest BCUT2D eigenvalue weighted by Crippen LogP contribution is -2.45. The van der Waals surface area contributed by atoms with Crippen molar-refractivity contribution in [1.82, 2.24) is 5.32 Å². The first-order valence-electron chi connectivity index (χ1n) is 4.71. The molecule has 0 amide bonds. The molecule has 1 unspecified atom stereocenters. The van der Waals surface area contributed by atoms with Crippen molar-refractivity contribution in [2.24, 2.45) is 5.92 Å². The molecular formula is C8H17NO3S2. The summed E-state index contributed by atoms with van der Waals surface area (Å²) in [6, 6.07) is 0. The van der Waals surface area contributed by atoms with Crippen molar-refractivity contribution < 1.29 is 12.6 Å². The second-order valence-electron chi connectivity index (χ2n) is 3.82. The third-order valence-corrected chi connectivity index (χ3v) is 4.79. The Hall–Kier alpha value is 0.0600. The van der Waals surface area contributed by atoms with Crippen molar-refractivity contribution in [3.05, 3.63) is 0 Å². The number of hydrogen-bond acceptors (Lipinski definition) is 4. The average molecular weight is 239 g/mol. The number of sulfone groups is 1. The zero-order valence-corrected chi connectivity index (χ0v) is 9.99. The van der Waals surface area contributed by atoms with E-state index >= 15 is 0 Å². The van der Waals surface area contributed by atoms with E-state index in [1.807, 2.05) is 0 Å². The van der Waals surface area contributed by atoms with Crippen LogP contribution in [0, 0.1) is 5.92 Å². The first-order valence-corrected chi connectivity index (χ1v) is 8.25. The highest BCUT2D eigenvalue weighted by Gasteiger charge is 2.19. The fraction of sp³-hybridized carbons (Fsp3) is 1.00. The second kappa shape index (κ2) is 5.23. The lowest BCUT2D eigenvalue weighted by molar-refractivity contribution is 0.382. The van der Waals surface area contributed by atoms with E-state index in [4.69, 9.17) is 0 Å². The van der Waals surface area contributed by atoms with Gasteiger partial charge in [-0.3, -0.25) is 4.21 Å². The molecule has 6 heteroatoms. The summed E-state index contributed by atoms with van der Waals surface area (Å²) in [6.45, 7) is 1.91.